The molecule has 1 unspecified atom stereocenters. The fourth-order valence-electron chi connectivity index (χ4n) is 3.18. The normalized spacial score (nSPS) is 18.0. The van der Waals surface area contributed by atoms with Gasteiger partial charge in [0.2, 0.25) is 0 Å². The SMILES string of the molecule is COc1ccccc1C1CCN(Cc2cccc(N)c2)C1.Cl. The molecule has 4 heteroatoms. The van der Waals surface area contributed by atoms with Gasteiger partial charge in [-0.3, -0.25) is 4.90 Å². The van der Waals surface area contributed by atoms with E-state index in [1.165, 1.54) is 17.5 Å². The number of anilines is 1. The summed E-state index contributed by atoms with van der Waals surface area (Å²) in [6, 6.07) is 16.5. The number of likely N-dealkylation sites (tertiary alicyclic amines) is 1. The third-order valence-electron chi connectivity index (χ3n) is 4.21. The Morgan fingerprint density at radius 1 is 1.18 bits per heavy atom. The van der Waals surface area contributed by atoms with E-state index in [1.54, 1.807) is 7.11 Å². The van der Waals surface area contributed by atoms with E-state index >= 15 is 0 Å². The van der Waals surface area contributed by atoms with Crippen LogP contribution < -0.4 is 10.5 Å². The molecule has 0 bridgehead atoms. The standard InChI is InChI=1S/C18H22N2O.ClH/c1-21-18-8-3-2-7-17(18)15-9-10-20(13-15)12-14-5-4-6-16(19)11-14;/h2-8,11,15H,9-10,12-13,19H2,1H3;1H. The van der Waals surface area contributed by atoms with Crippen LogP contribution in [0.5, 0.6) is 5.75 Å². The summed E-state index contributed by atoms with van der Waals surface area (Å²) in [6.07, 6.45) is 1.18. The first kappa shape index (κ1) is 16.7. The van der Waals surface area contributed by atoms with Crippen LogP contribution in [0.15, 0.2) is 48.5 Å². The highest BCUT2D eigenvalue weighted by molar-refractivity contribution is 5.85. The number of hydrogen-bond donors (Lipinski definition) is 1. The number of para-hydroxylation sites is 1. The fraction of sp³-hybridized carbons (Fsp3) is 0.333. The monoisotopic (exact) mass is 318 g/mol. The lowest BCUT2D eigenvalue weighted by Crippen LogP contribution is -2.19. The number of nitrogen functional groups attached to an aromatic ring is 1. The van der Waals surface area contributed by atoms with E-state index in [9.17, 15) is 0 Å². The van der Waals surface area contributed by atoms with Crippen LogP contribution in [-0.2, 0) is 6.54 Å². The van der Waals surface area contributed by atoms with Crippen molar-refractivity contribution in [3.8, 4) is 5.75 Å². The Hall–Kier alpha value is -1.71. The van der Waals surface area contributed by atoms with Crippen LogP contribution in [-0.4, -0.2) is 25.1 Å². The lowest BCUT2D eigenvalue weighted by atomic mass is 9.97. The predicted octanol–water partition coefficient (Wildman–Crippen LogP) is 3.69. The van der Waals surface area contributed by atoms with Crippen molar-refractivity contribution in [3.63, 3.8) is 0 Å². The maximum atomic E-state index is 5.85. The number of methoxy groups -OCH3 is 1. The topological polar surface area (TPSA) is 38.5 Å². The second-order valence-corrected chi connectivity index (χ2v) is 5.71. The molecule has 1 aliphatic rings. The number of nitrogens with zero attached hydrogens (tertiary/aromatic N) is 1. The highest BCUT2D eigenvalue weighted by atomic mass is 35.5. The van der Waals surface area contributed by atoms with Crippen LogP contribution in [0.1, 0.15) is 23.5 Å². The Morgan fingerprint density at radius 2 is 2.00 bits per heavy atom. The molecule has 0 amide bonds. The first-order chi connectivity index (χ1) is 10.3. The predicted molar refractivity (Wildman–Crippen MR) is 93.7 cm³/mol. The van der Waals surface area contributed by atoms with Gasteiger partial charge in [0, 0.05) is 24.7 Å². The lowest BCUT2D eigenvalue weighted by molar-refractivity contribution is 0.325. The molecule has 0 aliphatic carbocycles. The minimum absolute atomic E-state index is 0. The molecule has 3 nitrogen and oxygen atoms in total. The van der Waals surface area contributed by atoms with E-state index in [1.807, 2.05) is 18.2 Å². The molecule has 1 heterocycles. The summed E-state index contributed by atoms with van der Waals surface area (Å²) >= 11 is 0. The van der Waals surface area contributed by atoms with Gasteiger partial charge in [-0.2, -0.15) is 0 Å². The van der Waals surface area contributed by atoms with Crippen molar-refractivity contribution in [2.45, 2.75) is 18.9 Å². The second kappa shape index (κ2) is 7.52. The third kappa shape index (κ3) is 3.73. The van der Waals surface area contributed by atoms with Gasteiger partial charge in [-0.15, -0.1) is 12.4 Å². The van der Waals surface area contributed by atoms with Crippen molar-refractivity contribution in [1.82, 2.24) is 4.90 Å². The maximum absolute atomic E-state index is 5.85. The van der Waals surface area contributed by atoms with E-state index in [-0.39, 0.29) is 12.4 Å². The number of halogens is 1. The molecule has 0 aromatic heterocycles. The molecule has 2 aromatic rings. The van der Waals surface area contributed by atoms with Crippen LogP contribution in [0.3, 0.4) is 0 Å². The minimum atomic E-state index is 0. The Balaban J connectivity index is 0.00000176. The quantitative estimate of drug-likeness (QED) is 0.874. The van der Waals surface area contributed by atoms with Crippen molar-refractivity contribution in [2.75, 3.05) is 25.9 Å². The van der Waals surface area contributed by atoms with Crippen LogP contribution in [0.25, 0.3) is 0 Å². The number of ether oxygens (including phenoxy) is 1. The first-order valence-corrected chi connectivity index (χ1v) is 7.46. The van der Waals surface area contributed by atoms with E-state index in [0.29, 0.717) is 5.92 Å². The summed E-state index contributed by atoms with van der Waals surface area (Å²) in [7, 11) is 1.75. The molecule has 3 rings (SSSR count). The van der Waals surface area contributed by atoms with Gasteiger partial charge in [-0.25, -0.2) is 0 Å². The Labute approximate surface area is 138 Å². The van der Waals surface area contributed by atoms with E-state index in [2.05, 4.69) is 35.2 Å². The summed E-state index contributed by atoms with van der Waals surface area (Å²) in [5, 5.41) is 0. The molecule has 22 heavy (non-hydrogen) atoms. The van der Waals surface area contributed by atoms with Crippen molar-refractivity contribution in [2.24, 2.45) is 0 Å². The number of hydrogen-bond acceptors (Lipinski definition) is 3. The van der Waals surface area contributed by atoms with Crippen molar-refractivity contribution in [1.29, 1.82) is 0 Å². The van der Waals surface area contributed by atoms with Gasteiger partial charge in [0.25, 0.3) is 0 Å². The number of rotatable bonds is 4. The van der Waals surface area contributed by atoms with Crippen molar-refractivity contribution < 1.29 is 4.74 Å². The maximum Gasteiger partial charge on any atom is 0.122 e. The molecule has 1 aliphatic heterocycles. The number of benzene rings is 2. The van der Waals surface area contributed by atoms with Crippen LogP contribution >= 0.6 is 12.4 Å². The molecule has 1 saturated heterocycles. The summed E-state index contributed by atoms with van der Waals surface area (Å²) in [5.41, 5.74) is 9.31. The molecule has 1 atom stereocenters. The summed E-state index contributed by atoms with van der Waals surface area (Å²) in [5.74, 6) is 1.57. The zero-order valence-corrected chi connectivity index (χ0v) is 13.7. The molecular formula is C18H23ClN2O. The van der Waals surface area contributed by atoms with Gasteiger partial charge in [0.05, 0.1) is 7.11 Å². The van der Waals surface area contributed by atoms with Gasteiger partial charge < -0.3 is 10.5 Å². The summed E-state index contributed by atoms with van der Waals surface area (Å²) in [4.78, 5) is 2.49. The molecule has 1 fully saturated rings. The van der Waals surface area contributed by atoms with Crippen LogP contribution in [0, 0.1) is 0 Å². The first-order valence-electron chi connectivity index (χ1n) is 7.46. The highest BCUT2D eigenvalue weighted by Gasteiger charge is 2.25. The van der Waals surface area contributed by atoms with E-state index in [0.717, 1.165) is 31.1 Å². The van der Waals surface area contributed by atoms with Crippen LogP contribution in [0.2, 0.25) is 0 Å². The molecule has 0 saturated carbocycles. The smallest absolute Gasteiger partial charge is 0.122 e. The molecule has 2 aromatic carbocycles. The number of nitrogens with two attached hydrogens (primary N) is 1. The average molecular weight is 319 g/mol. The molecular weight excluding hydrogens is 296 g/mol. The summed E-state index contributed by atoms with van der Waals surface area (Å²) < 4.78 is 5.49. The van der Waals surface area contributed by atoms with Gasteiger partial charge in [0.15, 0.2) is 0 Å². The second-order valence-electron chi connectivity index (χ2n) is 5.71. The van der Waals surface area contributed by atoms with Crippen molar-refractivity contribution >= 4 is 18.1 Å². The minimum Gasteiger partial charge on any atom is -0.496 e. The van der Waals surface area contributed by atoms with Gasteiger partial charge in [-0.1, -0.05) is 30.3 Å². The Kier molecular flexibility index (Phi) is 5.69. The zero-order valence-electron chi connectivity index (χ0n) is 12.9. The fourth-order valence-corrected chi connectivity index (χ4v) is 3.18. The highest BCUT2D eigenvalue weighted by Crippen LogP contribution is 2.33. The molecule has 0 radical (unpaired) electrons. The van der Waals surface area contributed by atoms with Gasteiger partial charge in [0.1, 0.15) is 5.75 Å². The van der Waals surface area contributed by atoms with Crippen molar-refractivity contribution in [3.05, 3.63) is 59.7 Å². The lowest BCUT2D eigenvalue weighted by Gasteiger charge is -2.17. The van der Waals surface area contributed by atoms with Gasteiger partial charge >= 0.3 is 0 Å². The third-order valence-corrected chi connectivity index (χ3v) is 4.21. The van der Waals surface area contributed by atoms with E-state index < -0.39 is 0 Å². The largest absolute Gasteiger partial charge is 0.496 e. The Bertz CT molecular complexity index is 618. The van der Waals surface area contributed by atoms with Gasteiger partial charge in [-0.05, 0) is 42.3 Å². The summed E-state index contributed by atoms with van der Waals surface area (Å²) in [6.45, 7) is 3.17. The van der Waals surface area contributed by atoms with Crippen LogP contribution in [0.4, 0.5) is 5.69 Å². The molecule has 118 valence electrons. The zero-order chi connectivity index (χ0) is 14.7. The average Bonchev–Trinajstić information content (AvgIpc) is 2.95. The van der Waals surface area contributed by atoms with E-state index in [4.69, 9.17) is 10.5 Å². The molecule has 2 N–H and O–H groups in total. The Morgan fingerprint density at radius 3 is 2.77 bits per heavy atom. The molecule has 0 spiro atoms.